The van der Waals surface area contributed by atoms with Gasteiger partial charge in [0.1, 0.15) is 0 Å². The summed E-state index contributed by atoms with van der Waals surface area (Å²) in [5.74, 6) is -0.444. The molecule has 0 spiro atoms. The summed E-state index contributed by atoms with van der Waals surface area (Å²) in [6.45, 7) is 4.05. The highest BCUT2D eigenvalue weighted by atomic mass is 16.8. The van der Waals surface area contributed by atoms with Gasteiger partial charge in [-0.05, 0) is 26.7 Å². The molecule has 0 aromatic carbocycles. The van der Waals surface area contributed by atoms with Gasteiger partial charge in [0.05, 0.1) is 19.3 Å². The predicted octanol–water partition coefficient (Wildman–Crippen LogP) is 0.210. The van der Waals surface area contributed by atoms with Gasteiger partial charge in [0, 0.05) is 12.0 Å². The van der Waals surface area contributed by atoms with Gasteiger partial charge in [0.15, 0.2) is 12.1 Å². The summed E-state index contributed by atoms with van der Waals surface area (Å²) in [6, 6.07) is 0.160. The van der Waals surface area contributed by atoms with Crippen LogP contribution in [0, 0.1) is 5.92 Å². The molecule has 1 heterocycles. The van der Waals surface area contributed by atoms with Gasteiger partial charge in [-0.15, -0.1) is 0 Å². The van der Waals surface area contributed by atoms with Gasteiger partial charge in [-0.2, -0.15) is 0 Å². The maximum Gasteiger partial charge on any atom is 0.166 e. The third-order valence-corrected chi connectivity index (χ3v) is 3.15. The van der Waals surface area contributed by atoms with Crippen molar-refractivity contribution in [1.82, 2.24) is 0 Å². The van der Waals surface area contributed by atoms with E-state index in [0.717, 1.165) is 12.8 Å². The predicted molar refractivity (Wildman–Crippen MR) is 57.6 cm³/mol. The number of aliphatic hydroxyl groups is 1. The summed E-state index contributed by atoms with van der Waals surface area (Å²) in [5, 5.41) is 8.78. The van der Waals surface area contributed by atoms with Crippen LogP contribution in [0.25, 0.3) is 0 Å². The van der Waals surface area contributed by atoms with Gasteiger partial charge in [0.25, 0.3) is 0 Å². The third kappa shape index (κ3) is 2.55. The molecule has 94 valence electrons. The van der Waals surface area contributed by atoms with E-state index in [9.17, 15) is 0 Å². The number of ether oxygens (including phenoxy) is 3. The summed E-state index contributed by atoms with van der Waals surface area (Å²) in [6.07, 6.45) is 1.52. The molecule has 0 aromatic rings. The Bertz CT molecular complexity index is 246. The number of fused-ring (bicyclic) bond motifs is 1. The zero-order chi connectivity index (χ0) is 11.8. The van der Waals surface area contributed by atoms with Gasteiger partial charge < -0.3 is 25.1 Å². The Hall–Kier alpha value is -0.200. The second kappa shape index (κ2) is 4.58. The van der Waals surface area contributed by atoms with Gasteiger partial charge in [-0.25, -0.2) is 0 Å². The molecule has 16 heavy (non-hydrogen) atoms. The van der Waals surface area contributed by atoms with Crippen LogP contribution in [0.15, 0.2) is 0 Å². The van der Waals surface area contributed by atoms with Gasteiger partial charge in [-0.1, -0.05) is 0 Å². The summed E-state index contributed by atoms with van der Waals surface area (Å²) in [7, 11) is 0. The molecular formula is C11H21NO4. The molecule has 5 heteroatoms. The van der Waals surface area contributed by atoms with Crippen molar-refractivity contribution in [2.75, 3.05) is 13.2 Å². The molecule has 0 amide bonds. The molecule has 0 bridgehead atoms. The molecule has 1 aliphatic carbocycles. The second-order valence-corrected chi connectivity index (χ2v) is 5.03. The molecular weight excluding hydrogens is 210 g/mol. The van der Waals surface area contributed by atoms with E-state index >= 15 is 0 Å². The Labute approximate surface area is 95.9 Å². The number of nitrogens with two attached hydrogens (primary N) is 1. The highest BCUT2D eigenvalue weighted by Gasteiger charge is 2.48. The summed E-state index contributed by atoms with van der Waals surface area (Å²) in [4.78, 5) is 0. The first kappa shape index (κ1) is 12.3. The fourth-order valence-corrected chi connectivity index (χ4v) is 2.58. The molecule has 1 aliphatic heterocycles. The molecule has 0 aromatic heterocycles. The second-order valence-electron chi connectivity index (χ2n) is 5.03. The maximum atomic E-state index is 8.78. The van der Waals surface area contributed by atoms with E-state index in [4.69, 9.17) is 25.1 Å². The molecule has 2 fully saturated rings. The lowest BCUT2D eigenvalue weighted by atomic mass is 10.0. The topological polar surface area (TPSA) is 73.9 Å². The van der Waals surface area contributed by atoms with Crippen LogP contribution in [0.5, 0.6) is 0 Å². The molecule has 2 rings (SSSR count). The van der Waals surface area contributed by atoms with Crippen LogP contribution in [-0.4, -0.2) is 42.5 Å². The van der Waals surface area contributed by atoms with Crippen molar-refractivity contribution in [3.63, 3.8) is 0 Å². The zero-order valence-electron chi connectivity index (χ0n) is 9.89. The summed E-state index contributed by atoms with van der Waals surface area (Å²) < 4.78 is 17.1. The van der Waals surface area contributed by atoms with Crippen molar-refractivity contribution in [2.45, 2.75) is 50.9 Å². The third-order valence-electron chi connectivity index (χ3n) is 3.15. The van der Waals surface area contributed by atoms with Crippen molar-refractivity contribution in [3.8, 4) is 0 Å². The summed E-state index contributed by atoms with van der Waals surface area (Å²) >= 11 is 0. The lowest BCUT2D eigenvalue weighted by Gasteiger charge is -2.43. The molecule has 4 atom stereocenters. The standard InChI is InChI=1S/C11H21NO4/c1-11(2)15-9-6-7(12)5-8(9)10(16-11)14-4-3-13/h7-10,13H,3-6,12H2,1-2H3/t7-,8?,9?,10+/m1/s1. The highest BCUT2D eigenvalue weighted by molar-refractivity contribution is 4.92. The Morgan fingerprint density at radius 2 is 2.12 bits per heavy atom. The van der Waals surface area contributed by atoms with Crippen LogP contribution in [0.4, 0.5) is 0 Å². The first-order valence-corrected chi connectivity index (χ1v) is 5.85. The van der Waals surface area contributed by atoms with E-state index in [1.807, 2.05) is 13.8 Å². The molecule has 2 unspecified atom stereocenters. The molecule has 1 saturated heterocycles. The first-order chi connectivity index (χ1) is 7.52. The Balaban J connectivity index is 2.03. The van der Waals surface area contributed by atoms with Crippen molar-refractivity contribution >= 4 is 0 Å². The van der Waals surface area contributed by atoms with Crippen LogP contribution in [-0.2, 0) is 14.2 Å². The largest absolute Gasteiger partial charge is 0.394 e. The summed E-state index contributed by atoms with van der Waals surface area (Å²) in [5.41, 5.74) is 5.93. The lowest BCUT2D eigenvalue weighted by molar-refractivity contribution is -0.368. The van der Waals surface area contributed by atoms with Crippen molar-refractivity contribution in [1.29, 1.82) is 0 Å². The van der Waals surface area contributed by atoms with Crippen LogP contribution in [0.1, 0.15) is 26.7 Å². The van der Waals surface area contributed by atoms with Crippen molar-refractivity contribution < 1.29 is 19.3 Å². The normalized spacial score (nSPS) is 42.0. The average molecular weight is 231 g/mol. The van der Waals surface area contributed by atoms with E-state index in [2.05, 4.69) is 0 Å². The van der Waals surface area contributed by atoms with Gasteiger partial charge in [0.2, 0.25) is 0 Å². The Morgan fingerprint density at radius 3 is 2.81 bits per heavy atom. The average Bonchev–Trinajstić information content (AvgIpc) is 2.53. The molecule has 5 nitrogen and oxygen atoms in total. The molecule has 3 N–H and O–H groups in total. The zero-order valence-corrected chi connectivity index (χ0v) is 9.89. The quantitative estimate of drug-likeness (QED) is 0.726. The fraction of sp³-hybridized carbons (Fsp3) is 1.00. The van der Waals surface area contributed by atoms with E-state index in [1.54, 1.807) is 0 Å². The number of rotatable bonds is 3. The Kier molecular flexibility index (Phi) is 3.51. The molecule has 0 radical (unpaired) electrons. The number of hydrogen-bond donors (Lipinski definition) is 2. The van der Waals surface area contributed by atoms with Gasteiger partial charge in [-0.3, -0.25) is 0 Å². The van der Waals surface area contributed by atoms with Crippen molar-refractivity contribution in [3.05, 3.63) is 0 Å². The smallest absolute Gasteiger partial charge is 0.166 e. The van der Waals surface area contributed by atoms with E-state index in [1.165, 1.54) is 0 Å². The minimum absolute atomic E-state index is 0.00455. The lowest BCUT2D eigenvalue weighted by Crippen LogP contribution is -2.50. The van der Waals surface area contributed by atoms with Crippen LogP contribution >= 0.6 is 0 Å². The van der Waals surface area contributed by atoms with Crippen LogP contribution in [0.3, 0.4) is 0 Å². The number of aliphatic hydroxyl groups excluding tert-OH is 1. The van der Waals surface area contributed by atoms with E-state index < -0.39 is 5.79 Å². The van der Waals surface area contributed by atoms with Gasteiger partial charge >= 0.3 is 0 Å². The first-order valence-electron chi connectivity index (χ1n) is 5.85. The van der Waals surface area contributed by atoms with Crippen LogP contribution < -0.4 is 5.73 Å². The molecule has 2 aliphatic rings. The highest BCUT2D eigenvalue weighted by Crippen LogP contribution is 2.40. The monoisotopic (exact) mass is 231 g/mol. The van der Waals surface area contributed by atoms with Crippen LogP contribution in [0.2, 0.25) is 0 Å². The maximum absolute atomic E-state index is 8.78. The van der Waals surface area contributed by atoms with E-state index in [-0.39, 0.29) is 31.0 Å². The molecule has 1 saturated carbocycles. The SMILES string of the molecule is CC1(C)OC2C[C@H](N)CC2[C@@H](OCCO)O1. The minimum Gasteiger partial charge on any atom is -0.394 e. The fourth-order valence-electron chi connectivity index (χ4n) is 2.58. The van der Waals surface area contributed by atoms with E-state index in [0.29, 0.717) is 6.61 Å². The Morgan fingerprint density at radius 1 is 1.38 bits per heavy atom. The number of hydrogen-bond acceptors (Lipinski definition) is 5. The van der Waals surface area contributed by atoms with Crippen molar-refractivity contribution in [2.24, 2.45) is 11.7 Å². The minimum atomic E-state index is -0.634.